The molecular formula is C12H13FN2O2. The molecule has 2 amide bonds. The van der Waals surface area contributed by atoms with Crippen LogP contribution in [0.2, 0.25) is 0 Å². The van der Waals surface area contributed by atoms with E-state index in [1.165, 1.54) is 24.3 Å². The van der Waals surface area contributed by atoms with Gasteiger partial charge >= 0.3 is 0 Å². The lowest BCUT2D eigenvalue weighted by atomic mass is 10.2. The Kier molecular flexibility index (Phi) is 3.08. The van der Waals surface area contributed by atoms with Crippen molar-refractivity contribution in [1.82, 2.24) is 10.9 Å². The predicted octanol–water partition coefficient (Wildman–Crippen LogP) is 1.24. The number of halogens is 1. The summed E-state index contributed by atoms with van der Waals surface area (Å²) < 4.78 is 12.6. The van der Waals surface area contributed by atoms with Crippen molar-refractivity contribution in [1.29, 1.82) is 0 Å². The molecule has 1 fully saturated rings. The van der Waals surface area contributed by atoms with Crippen LogP contribution in [0.5, 0.6) is 0 Å². The predicted molar refractivity (Wildman–Crippen MR) is 59.3 cm³/mol. The molecule has 17 heavy (non-hydrogen) atoms. The fourth-order valence-electron chi connectivity index (χ4n) is 1.57. The first-order valence-corrected chi connectivity index (χ1v) is 5.43. The van der Waals surface area contributed by atoms with Gasteiger partial charge in [0.05, 0.1) is 0 Å². The Balaban J connectivity index is 1.85. The summed E-state index contributed by atoms with van der Waals surface area (Å²) >= 11 is 0. The van der Waals surface area contributed by atoms with Gasteiger partial charge in [-0.25, -0.2) is 4.39 Å². The number of hydrazine groups is 1. The number of benzene rings is 1. The molecule has 0 radical (unpaired) electrons. The van der Waals surface area contributed by atoms with E-state index in [-0.39, 0.29) is 11.8 Å². The van der Waals surface area contributed by atoms with Crippen LogP contribution in [0.1, 0.15) is 23.7 Å². The van der Waals surface area contributed by atoms with E-state index in [4.69, 9.17) is 0 Å². The summed E-state index contributed by atoms with van der Waals surface area (Å²) in [6.45, 7) is 1.98. The highest BCUT2D eigenvalue weighted by atomic mass is 19.1. The highest BCUT2D eigenvalue weighted by Gasteiger charge is 2.39. The maximum atomic E-state index is 12.6. The first-order valence-electron chi connectivity index (χ1n) is 5.43. The van der Waals surface area contributed by atoms with Gasteiger partial charge in [-0.3, -0.25) is 20.4 Å². The highest BCUT2D eigenvalue weighted by Crippen LogP contribution is 2.37. The van der Waals surface area contributed by atoms with Crippen molar-refractivity contribution in [3.63, 3.8) is 0 Å². The van der Waals surface area contributed by atoms with Crippen LogP contribution < -0.4 is 10.9 Å². The third kappa shape index (κ3) is 2.81. The third-order valence-electron chi connectivity index (χ3n) is 2.85. The molecule has 1 aromatic rings. The van der Waals surface area contributed by atoms with Crippen LogP contribution in [0.25, 0.3) is 0 Å². The second-order valence-corrected chi connectivity index (χ2v) is 4.27. The average Bonchev–Trinajstić information content (AvgIpc) is 3.04. The molecule has 2 atom stereocenters. The zero-order valence-electron chi connectivity index (χ0n) is 9.37. The second-order valence-electron chi connectivity index (χ2n) is 4.27. The molecule has 0 bridgehead atoms. The average molecular weight is 236 g/mol. The number of amides is 2. The van der Waals surface area contributed by atoms with Crippen molar-refractivity contribution in [2.45, 2.75) is 13.3 Å². The van der Waals surface area contributed by atoms with Crippen molar-refractivity contribution in [2.75, 3.05) is 0 Å². The minimum absolute atomic E-state index is 0.00326. The minimum Gasteiger partial charge on any atom is -0.273 e. The molecule has 2 N–H and O–H groups in total. The molecule has 1 saturated carbocycles. The molecule has 0 spiro atoms. The Labute approximate surface area is 98.2 Å². The standard InChI is InChI=1S/C12H13FN2O2/c1-7-6-10(7)12(17)15-14-11(16)8-2-4-9(13)5-3-8/h2-5,7,10H,6H2,1H3,(H,14,16)(H,15,17). The van der Waals surface area contributed by atoms with E-state index in [0.29, 0.717) is 11.5 Å². The molecule has 0 aliphatic heterocycles. The van der Waals surface area contributed by atoms with Gasteiger partial charge in [0.2, 0.25) is 5.91 Å². The largest absolute Gasteiger partial charge is 0.273 e. The number of carbonyl (C=O) groups is 2. The Morgan fingerprint density at radius 1 is 1.24 bits per heavy atom. The normalized spacial score (nSPS) is 21.8. The number of carbonyl (C=O) groups excluding carboxylic acids is 2. The monoisotopic (exact) mass is 236 g/mol. The van der Waals surface area contributed by atoms with Gasteiger partial charge in [-0.05, 0) is 36.6 Å². The smallest absolute Gasteiger partial charge is 0.269 e. The molecular weight excluding hydrogens is 223 g/mol. The van der Waals surface area contributed by atoms with Crippen LogP contribution in [-0.4, -0.2) is 11.8 Å². The number of rotatable bonds is 2. The Morgan fingerprint density at radius 3 is 2.35 bits per heavy atom. The zero-order chi connectivity index (χ0) is 12.4. The van der Waals surface area contributed by atoms with Gasteiger partial charge in [0, 0.05) is 11.5 Å². The van der Waals surface area contributed by atoms with Gasteiger partial charge < -0.3 is 0 Å². The fourth-order valence-corrected chi connectivity index (χ4v) is 1.57. The fraction of sp³-hybridized carbons (Fsp3) is 0.333. The summed E-state index contributed by atoms with van der Waals surface area (Å²) in [6.07, 6.45) is 0.859. The van der Waals surface area contributed by atoms with E-state index in [2.05, 4.69) is 10.9 Å². The topological polar surface area (TPSA) is 58.2 Å². The van der Waals surface area contributed by atoms with Crippen LogP contribution in [0, 0.1) is 17.7 Å². The van der Waals surface area contributed by atoms with E-state index in [1.807, 2.05) is 6.92 Å². The van der Waals surface area contributed by atoms with E-state index in [9.17, 15) is 14.0 Å². The van der Waals surface area contributed by atoms with Crippen molar-refractivity contribution in [3.8, 4) is 0 Å². The first-order chi connectivity index (χ1) is 8.08. The molecule has 4 nitrogen and oxygen atoms in total. The summed E-state index contributed by atoms with van der Waals surface area (Å²) in [6, 6.07) is 5.10. The van der Waals surface area contributed by atoms with Gasteiger partial charge in [0.1, 0.15) is 5.82 Å². The summed E-state index contributed by atoms with van der Waals surface area (Å²) in [5, 5.41) is 0. The Morgan fingerprint density at radius 2 is 1.82 bits per heavy atom. The highest BCUT2D eigenvalue weighted by molar-refractivity contribution is 5.95. The number of hydrogen-bond donors (Lipinski definition) is 2. The lowest BCUT2D eigenvalue weighted by Crippen LogP contribution is -2.42. The van der Waals surface area contributed by atoms with Gasteiger partial charge in [-0.1, -0.05) is 6.92 Å². The third-order valence-corrected chi connectivity index (χ3v) is 2.85. The molecule has 0 aromatic heterocycles. The summed E-state index contributed by atoms with van der Waals surface area (Å²) in [7, 11) is 0. The second kappa shape index (κ2) is 4.53. The van der Waals surface area contributed by atoms with Gasteiger partial charge in [0.25, 0.3) is 5.91 Å². The molecule has 90 valence electrons. The van der Waals surface area contributed by atoms with Crippen molar-refractivity contribution in [3.05, 3.63) is 35.6 Å². The molecule has 5 heteroatoms. The van der Waals surface area contributed by atoms with Gasteiger partial charge in [-0.15, -0.1) is 0 Å². The molecule has 1 aliphatic carbocycles. The summed E-state index contributed by atoms with van der Waals surface area (Å²) in [4.78, 5) is 23.0. The minimum atomic E-state index is -0.452. The van der Waals surface area contributed by atoms with Crippen LogP contribution in [0.4, 0.5) is 4.39 Å². The summed E-state index contributed by atoms with van der Waals surface area (Å²) in [5.74, 6) is -0.641. The lowest BCUT2D eigenvalue weighted by Gasteiger charge is -2.06. The Hall–Kier alpha value is -1.91. The van der Waals surface area contributed by atoms with E-state index in [1.54, 1.807) is 0 Å². The van der Waals surface area contributed by atoms with Gasteiger partial charge in [-0.2, -0.15) is 0 Å². The lowest BCUT2D eigenvalue weighted by molar-refractivity contribution is -0.123. The van der Waals surface area contributed by atoms with Crippen molar-refractivity contribution in [2.24, 2.45) is 11.8 Å². The zero-order valence-corrected chi connectivity index (χ0v) is 9.37. The van der Waals surface area contributed by atoms with Crippen molar-refractivity contribution >= 4 is 11.8 Å². The van der Waals surface area contributed by atoms with Crippen LogP contribution in [-0.2, 0) is 4.79 Å². The molecule has 2 unspecified atom stereocenters. The first kappa shape index (κ1) is 11.6. The SMILES string of the molecule is CC1CC1C(=O)NNC(=O)c1ccc(F)cc1. The number of nitrogens with one attached hydrogen (secondary N) is 2. The Bertz CT molecular complexity index is 444. The van der Waals surface area contributed by atoms with Crippen molar-refractivity contribution < 1.29 is 14.0 Å². The molecule has 2 rings (SSSR count). The molecule has 0 saturated heterocycles. The summed E-state index contributed by atoms with van der Waals surface area (Å²) in [5.41, 5.74) is 4.96. The maximum absolute atomic E-state index is 12.6. The molecule has 1 aromatic carbocycles. The maximum Gasteiger partial charge on any atom is 0.269 e. The quantitative estimate of drug-likeness (QED) is 0.759. The van der Waals surface area contributed by atoms with Crippen LogP contribution in [0.15, 0.2) is 24.3 Å². The number of hydrogen-bond acceptors (Lipinski definition) is 2. The van der Waals surface area contributed by atoms with E-state index >= 15 is 0 Å². The van der Waals surface area contributed by atoms with E-state index < -0.39 is 11.7 Å². The molecule has 0 heterocycles. The van der Waals surface area contributed by atoms with Gasteiger partial charge in [0.15, 0.2) is 0 Å². The molecule has 1 aliphatic rings. The van der Waals surface area contributed by atoms with E-state index in [0.717, 1.165) is 6.42 Å². The van der Waals surface area contributed by atoms with Crippen LogP contribution in [0.3, 0.4) is 0 Å². The van der Waals surface area contributed by atoms with Crippen LogP contribution >= 0.6 is 0 Å².